The number of carbonyl (C=O) groups excluding carboxylic acids is 1. The summed E-state index contributed by atoms with van der Waals surface area (Å²) in [6, 6.07) is -0.594. The molecule has 20 heavy (non-hydrogen) atoms. The van der Waals surface area contributed by atoms with Gasteiger partial charge in [0.2, 0.25) is 5.91 Å². The molecule has 0 aliphatic carbocycles. The van der Waals surface area contributed by atoms with Crippen LogP contribution in [0.5, 0.6) is 0 Å². The van der Waals surface area contributed by atoms with Crippen LogP contribution in [0.1, 0.15) is 26.7 Å². The van der Waals surface area contributed by atoms with Gasteiger partial charge in [0, 0.05) is 18.1 Å². The fourth-order valence-corrected chi connectivity index (χ4v) is 3.32. The second-order valence-electron chi connectivity index (χ2n) is 4.88. The van der Waals surface area contributed by atoms with Crippen molar-refractivity contribution in [3.05, 3.63) is 0 Å². The van der Waals surface area contributed by atoms with Crippen LogP contribution in [0.4, 0.5) is 0 Å². The van der Waals surface area contributed by atoms with Crippen LogP contribution in [0.2, 0.25) is 0 Å². The Morgan fingerprint density at radius 3 is 2.65 bits per heavy atom. The van der Waals surface area contributed by atoms with Crippen LogP contribution >= 0.6 is 11.8 Å². The largest absolute Gasteiger partial charge is 0.480 e. The van der Waals surface area contributed by atoms with Crippen LogP contribution in [-0.2, 0) is 9.59 Å². The standard InChI is InChI=1S/C14H22N2O3S/c1-4-14(5-2,6-3)15-12(17)9-16-7-8-20-10-11(16)13(18)19/h1,11H,5-10H2,2-3H3,(H,15,17)(H,18,19). The maximum atomic E-state index is 12.1. The van der Waals surface area contributed by atoms with Gasteiger partial charge in [-0.2, -0.15) is 11.8 Å². The molecule has 1 rings (SSSR count). The van der Waals surface area contributed by atoms with Crippen molar-refractivity contribution in [3.63, 3.8) is 0 Å². The molecule has 0 aromatic heterocycles. The Labute approximate surface area is 124 Å². The monoisotopic (exact) mass is 298 g/mol. The fourth-order valence-electron chi connectivity index (χ4n) is 2.21. The summed E-state index contributed by atoms with van der Waals surface area (Å²) in [6.45, 7) is 4.56. The molecular weight excluding hydrogens is 276 g/mol. The Bertz CT molecular complexity index is 402. The van der Waals surface area contributed by atoms with Crippen molar-refractivity contribution in [1.29, 1.82) is 0 Å². The minimum absolute atomic E-state index is 0.0843. The minimum atomic E-state index is -0.876. The number of carboxylic acid groups (broad SMARTS) is 1. The van der Waals surface area contributed by atoms with Gasteiger partial charge in [-0.25, -0.2) is 0 Å². The van der Waals surface area contributed by atoms with Crippen LogP contribution in [0, 0.1) is 12.3 Å². The molecule has 1 aliphatic heterocycles. The number of hydrogen-bond donors (Lipinski definition) is 2. The van der Waals surface area contributed by atoms with E-state index in [1.165, 1.54) is 0 Å². The van der Waals surface area contributed by atoms with Crippen molar-refractivity contribution < 1.29 is 14.7 Å². The molecular formula is C14H22N2O3S. The summed E-state index contributed by atoms with van der Waals surface area (Å²) in [5.41, 5.74) is -0.625. The smallest absolute Gasteiger partial charge is 0.321 e. The van der Waals surface area contributed by atoms with E-state index in [-0.39, 0.29) is 12.5 Å². The average molecular weight is 298 g/mol. The summed E-state index contributed by atoms with van der Waals surface area (Å²) in [5.74, 6) is 2.93. The van der Waals surface area contributed by atoms with Crippen molar-refractivity contribution in [3.8, 4) is 12.3 Å². The van der Waals surface area contributed by atoms with Gasteiger partial charge in [0.05, 0.1) is 6.54 Å². The highest BCUT2D eigenvalue weighted by molar-refractivity contribution is 7.99. The molecule has 1 atom stereocenters. The van der Waals surface area contributed by atoms with Gasteiger partial charge in [0.25, 0.3) is 0 Å². The second kappa shape index (κ2) is 7.55. The van der Waals surface area contributed by atoms with Crippen molar-refractivity contribution in [1.82, 2.24) is 10.2 Å². The lowest BCUT2D eigenvalue weighted by Gasteiger charge is -2.33. The minimum Gasteiger partial charge on any atom is -0.480 e. The molecule has 1 fully saturated rings. The highest BCUT2D eigenvalue weighted by Crippen LogP contribution is 2.17. The molecule has 0 spiro atoms. The first kappa shape index (κ1) is 16.9. The van der Waals surface area contributed by atoms with E-state index in [0.29, 0.717) is 25.1 Å². The number of nitrogens with one attached hydrogen (secondary N) is 1. The third-order valence-electron chi connectivity index (χ3n) is 3.73. The van der Waals surface area contributed by atoms with Gasteiger partial charge in [-0.1, -0.05) is 19.8 Å². The molecule has 1 aliphatic rings. The summed E-state index contributed by atoms with van der Waals surface area (Å²) < 4.78 is 0. The third kappa shape index (κ3) is 4.15. The third-order valence-corrected chi connectivity index (χ3v) is 4.76. The average Bonchev–Trinajstić information content (AvgIpc) is 2.45. The predicted octanol–water partition coefficient (Wildman–Crippen LogP) is 0.797. The van der Waals surface area contributed by atoms with Gasteiger partial charge in [0.1, 0.15) is 11.6 Å². The lowest BCUT2D eigenvalue weighted by atomic mass is 9.94. The lowest BCUT2D eigenvalue weighted by Crippen LogP contribution is -2.54. The van der Waals surface area contributed by atoms with Crippen LogP contribution in [0.3, 0.4) is 0 Å². The molecule has 0 radical (unpaired) electrons. The van der Waals surface area contributed by atoms with Crippen LogP contribution < -0.4 is 5.32 Å². The van der Waals surface area contributed by atoms with Gasteiger partial charge in [-0.3, -0.25) is 14.5 Å². The van der Waals surface area contributed by atoms with E-state index < -0.39 is 17.6 Å². The first-order chi connectivity index (χ1) is 9.48. The van der Waals surface area contributed by atoms with E-state index in [0.717, 1.165) is 5.75 Å². The zero-order chi connectivity index (χ0) is 15.2. The van der Waals surface area contributed by atoms with Gasteiger partial charge in [-0.15, -0.1) is 6.42 Å². The summed E-state index contributed by atoms with van der Waals surface area (Å²) in [5, 5.41) is 12.0. The normalized spacial score (nSPS) is 20.1. The zero-order valence-corrected chi connectivity index (χ0v) is 12.8. The zero-order valence-electron chi connectivity index (χ0n) is 12.0. The lowest BCUT2D eigenvalue weighted by molar-refractivity contribution is -0.143. The SMILES string of the molecule is C#CC(CC)(CC)NC(=O)CN1CCSCC1C(=O)O. The van der Waals surface area contributed by atoms with E-state index in [4.69, 9.17) is 6.42 Å². The van der Waals surface area contributed by atoms with Gasteiger partial charge < -0.3 is 10.4 Å². The Hall–Kier alpha value is -1.19. The number of aliphatic carboxylic acids is 1. The van der Waals surface area contributed by atoms with Crippen LogP contribution in [0.15, 0.2) is 0 Å². The second-order valence-corrected chi connectivity index (χ2v) is 6.03. The van der Waals surface area contributed by atoms with E-state index in [9.17, 15) is 14.7 Å². The number of nitrogens with zero attached hydrogens (tertiary/aromatic N) is 1. The molecule has 1 saturated heterocycles. The fraction of sp³-hybridized carbons (Fsp3) is 0.714. The molecule has 0 aromatic rings. The highest BCUT2D eigenvalue weighted by atomic mass is 32.2. The number of hydrogen-bond acceptors (Lipinski definition) is 4. The summed E-state index contributed by atoms with van der Waals surface area (Å²) in [6.07, 6.45) is 6.82. The summed E-state index contributed by atoms with van der Waals surface area (Å²) in [7, 11) is 0. The van der Waals surface area contributed by atoms with Crippen molar-refractivity contribution >= 4 is 23.6 Å². The quantitative estimate of drug-likeness (QED) is 0.710. The number of thioether (sulfide) groups is 1. The van der Waals surface area contributed by atoms with Crippen molar-refractivity contribution in [2.45, 2.75) is 38.3 Å². The van der Waals surface area contributed by atoms with Crippen molar-refractivity contribution in [2.24, 2.45) is 0 Å². The number of amides is 1. The van der Waals surface area contributed by atoms with Gasteiger partial charge in [-0.05, 0) is 12.8 Å². The highest BCUT2D eigenvalue weighted by Gasteiger charge is 2.32. The van der Waals surface area contributed by atoms with Crippen molar-refractivity contribution in [2.75, 3.05) is 24.6 Å². The van der Waals surface area contributed by atoms with Gasteiger partial charge in [0.15, 0.2) is 0 Å². The molecule has 6 heteroatoms. The number of carbonyl (C=O) groups is 2. The van der Waals surface area contributed by atoms with Crippen LogP contribution in [-0.4, -0.2) is 58.1 Å². The molecule has 1 heterocycles. The molecule has 5 nitrogen and oxygen atoms in total. The molecule has 0 saturated carbocycles. The maximum absolute atomic E-state index is 12.1. The molecule has 0 bridgehead atoms. The predicted molar refractivity (Wildman–Crippen MR) is 80.6 cm³/mol. The molecule has 0 aromatic carbocycles. The van der Waals surface area contributed by atoms with Crippen LogP contribution in [0.25, 0.3) is 0 Å². The first-order valence-corrected chi connectivity index (χ1v) is 7.97. The molecule has 1 unspecified atom stereocenters. The topological polar surface area (TPSA) is 69.6 Å². The molecule has 1 amide bonds. The number of rotatable bonds is 6. The number of terminal acetylenes is 1. The Morgan fingerprint density at radius 2 is 2.15 bits per heavy atom. The Kier molecular flexibility index (Phi) is 6.37. The van der Waals surface area contributed by atoms with E-state index >= 15 is 0 Å². The van der Waals surface area contributed by atoms with Gasteiger partial charge >= 0.3 is 5.97 Å². The summed E-state index contributed by atoms with van der Waals surface area (Å²) >= 11 is 1.60. The number of carboxylic acids is 1. The Balaban J connectivity index is 2.65. The first-order valence-electron chi connectivity index (χ1n) is 6.81. The van der Waals surface area contributed by atoms with E-state index in [1.807, 2.05) is 13.8 Å². The molecule has 112 valence electrons. The summed E-state index contributed by atoms with van der Waals surface area (Å²) in [4.78, 5) is 25.0. The van der Waals surface area contributed by atoms with E-state index in [1.54, 1.807) is 16.7 Å². The maximum Gasteiger partial charge on any atom is 0.321 e. The van der Waals surface area contributed by atoms with E-state index in [2.05, 4.69) is 11.2 Å². The molecule has 2 N–H and O–H groups in total. The Morgan fingerprint density at radius 1 is 1.50 bits per heavy atom.